The molecular weight excluding hydrogens is 348 g/mol. The van der Waals surface area contributed by atoms with Crippen molar-refractivity contribution in [1.29, 1.82) is 0 Å². The molecule has 0 unspecified atom stereocenters. The third-order valence-electron chi connectivity index (χ3n) is 5.19. The fourth-order valence-corrected chi connectivity index (χ4v) is 4.40. The first kappa shape index (κ1) is 17.3. The molecule has 1 saturated carbocycles. The molecule has 4 rings (SSSR count). The maximum absolute atomic E-state index is 13.0. The first-order chi connectivity index (χ1) is 12.8. The minimum atomic E-state index is 0.227. The molecule has 5 nitrogen and oxygen atoms in total. The molecule has 2 aromatic rings. The number of aromatic nitrogens is 1. The fourth-order valence-electron chi connectivity index (χ4n) is 3.78. The number of rotatable bonds is 6. The van der Waals surface area contributed by atoms with Crippen LogP contribution in [-0.4, -0.2) is 28.6 Å². The molecule has 1 aliphatic carbocycles. The smallest absolute Gasteiger partial charge is 0.231 e. The Morgan fingerprint density at radius 1 is 1.19 bits per heavy atom. The van der Waals surface area contributed by atoms with E-state index in [2.05, 4.69) is 9.88 Å². The highest BCUT2D eigenvalue weighted by molar-refractivity contribution is 7.09. The average Bonchev–Trinajstić information content (AvgIpc) is 3.36. The van der Waals surface area contributed by atoms with Crippen LogP contribution in [0, 0.1) is 0 Å². The molecule has 2 aliphatic rings. The van der Waals surface area contributed by atoms with E-state index in [0.29, 0.717) is 19.0 Å². The number of carbonyl (C=O) groups excluding carboxylic acids is 1. The Kier molecular flexibility index (Phi) is 5.39. The molecule has 0 bridgehead atoms. The van der Waals surface area contributed by atoms with Crippen LogP contribution in [0.15, 0.2) is 29.8 Å². The molecule has 1 amide bonds. The highest BCUT2D eigenvalue weighted by atomic mass is 32.1. The van der Waals surface area contributed by atoms with Gasteiger partial charge in [0.1, 0.15) is 5.01 Å². The van der Waals surface area contributed by atoms with E-state index in [0.717, 1.165) is 41.3 Å². The average molecular weight is 372 g/mol. The molecule has 0 radical (unpaired) electrons. The second-order valence-electron chi connectivity index (χ2n) is 6.93. The Morgan fingerprint density at radius 3 is 2.85 bits per heavy atom. The van der Waals surface area contributed by atoms with Crippen molar-refractivity contribution in [2.24, 2.45) is 0 Å². The van der Waals surface area contributed by atoms with Crippen molar-refractivity contribution in [2.75, 3.05) is 6.79 Å². The fraction of sp³-hybridized carbons (Fsp3) is 0.500. The molecule has 1 aromatic heterocycles. The Bertz CT molecular complexity index is 742. The van der Waals surface area contributed by atoms with Gasteiger partial charge in [-0.15, -0.1) is 11.3 Å². The Labute approximate surface area is 157 Å². The van der Waals surface area contributed by atoms with E-state index in [4.69, 9.17) is 9.47 Å². The predicted molar refractivity (Wildman–Crippen MR) is 100 cm³/mol. The number of carbonyl (C=O) groups is 1. The van der Waals surface area contributed by atoms with E-state index in [1.54, 1.807) is 11.3 Å². The van der Waals surface area contributed by atoms with Gasteiger partial charge in [-0.05, 0) is 37.0 Å². The zero-order chi connectivity index (χ0) is 17.8. The Hall–Kier alpha value is -2.08. The standard InChI is InChI=1S/C20H24N2O3S/c23-20(9-7-15-6-8-17-18(12-15)25-14-24-17)22(13-19-21-10-11-26-19)16-4-2-1-3-5-16/h6,8,10-12,16H,1-5,7,9,13-14H2. The molecule has 2 heterocycles. The lowest BCUT2D eigenvalue weighted by molar-refractivity contribution is -0.135. The number of thiazole rings is 1. The van der Waals surface area contributed by atoms with E-state index < -0.39 is 0 Å². The third-order valence-corrected chi connectivity index (χ3v) is 5.95. The zero-order valence-corrected chi connectivity index (χ0v) is 15.7. The van der Waals surface area contributed by atoms with E-state index in [1.165, 1.54) is 19.3 Å². The van der Waals surface area contributed by atoms with Gasteiger partial charge in [-0.1, -0.05) is 25.3 Å². The van der Waals surface area contributed by atoms with Gasteiger partial charge in [0.25, 0.3) is 0 Å². The van der Waals surface area contributed by atoms with Gasteiger partial charge < -0.3 is 14.4 Å². The van der Waals surface area contributed by atoms with E-state index >= 15 is 0 Å². The Balaban J connectivity index is 1.41. The number of amides is 1. The molecule has 6 heteroatoms. The van der Waals surface area contributed by atoms with Gasteiger partial charge in [-0.3, -0.25) is 4.79 Å². The van der Waals surface area contributed by atoms with Crippen LogP contribution >= 0.6 is 11.3 Å². The first-order valence-corrected chi connectivity index (χ1v) is 10.2. The molecule has 0 saturated heterocycles. The van der Waals surface area contributed by atoms with Gasteiger partial charge in [-0.2, -0.15) is 0 Å². The van der Waals surface area contributed by atoms with Crippen LogP contribution in [0.3, 0.4) is 0 Å². The monoisotopic (exact) mass is 372 g/mol. The van der Waals surface area contributed by atoms with Crippen molar-refractivity contribution in [3.05, 3.63) is 40.3 Å². The summed E-state index contributed by atoms with van der Waals surface area (Å²) in [4.78, 5) is 19.5. The summed E-state index contributed by atoms with van der Waals surface area (Å²) in [5.74, 6) is 1.79. The molecule has 1 fully saturated rings. The van der Waals surface area contributed by atoms with Gasteiger partial charge in [0.2, 0.25) is 12.7 Å². The van der Waals surface area contributed by atoms with E-state index in [1.807, 2.05) is 29.8 Å². The maximum Gasteiger partial charge on any atom is 0.231 e. The SMILES string of the molecule is O=C(CCc1ccc2c(c1)OCO2)N(Cc1nccs1)C1CCCCC1. The molecular formula is C20H24N2O3S. The van der Waals surface area contributed by atoms with Crippen molar-refractivity contribution in [3.63, 3.8) is 0 Å². The second-order valence-corrected chi connectivity index (χ2v) is 7.91. The molecule has 1 aliphatic heterocycles. The lowest BCUT2D eigenvalue weighted by Gasteiger charge is -2.34. The highest BCUT2D eigenvalue weighted by Crippen LogP contribution is 2.33. The summed E-state index contributed by atoms with van der Waals surface area (Å²) in [5, 5.41) is 3.00. The predicted octanol–water partition coefficient (Wildman–Crippen LogP) is 4.17. The minimum Gasteiger partial charge on any atom is -0.454 e. The van der Waals surface area contributed by atoms with Crippen LogP contribution in [0.25, 0.3) is 0 Å². The summed E-state index contributed by atoms with van der Waals surface area (Å²) in [6, 6.07) is 6.29. The normalized spacial score (nSPS) is 16.6. The van der Waals surface area contributed by atoms with E-state index in [-0.39, 0.29) is 12.7 Å². The number of aryl methyl sites for hydroxylation is 1. The molecule has 0 spiro atoms. The van der Waals surface area contributed by atoms with Crippen molar-refractivity contribution in [2.45, 2.75) is 57.5 Å². The third kappa shape index (κ3) is 4.01. The van der Waals surface area contributed by atoms with Crippen molar-refractivity contribution >= 4 is 17.2 Å². The lowest BCUT2D eigenvalue weighted by Crippen LogP contribution is -2.41. The molecule has 1 aromatic carbocycles. The Morgan fingerprint density at radius 2 is 2.04 bits per heavy atom. The maximum atomic E-state index is 13.0. The van der Waals surface area contributed by atoms with Crippen LogP contribution in [0.2, 0.25) is 0 Å². The largest absolute Gasteiger partial charge is 0.454 e. The molecule has 26 heavy (non-hydrogen) atoms. The van der Waals surface area contributed by atoms with Gasteiger partial charge >= 0.3 is 0 Å². The van der Waals surface area contributed by atoms with Crippen LogP contribution < -0.4 is 9.47 Å². The minimum absolute atomic E-state index is 0.227. The number of ether oxygens (including phenoxy) is 2. The lowest BCUT2D eigenvalue weighted by atomic mass is 9.93. The van der Waals surface area contributed by atoms with Crippen LogP contribution in [-0.2, 0) is 17.8 Å². The van der Waals surface area contributed by atoms with Gasteiger partial charge in [0, 0.05) is 24.0 Å². The number of benzene rings is 1. The van der Waals surface area contributed by atoms with E-state index in [9.17, 15) is 4.79 Å². The summed E-state index contributed by atoms with van der Waals surface area (Å²) in [6.07, 6.45) is 8.99. The number of hydrogen-bond donors (Lipinski definition) is 0. The van der Waals surface area contributed by atoms with Crippen molar-refractivity contribution < 1.29 is 14.3 Å². The number of hydrogen-bond acceptors (Lipinski definition) is 5. The number of fused-ring (bicyclic) bond motifs is 1. The van der Waals surface area contributed by atoms with Crippen LogP contribution in [0.5, 0.6) is 11.5 Å². The van der Waals surface area contributed by atoms with Gasteiger partial charge in [0.15, 0.2) is 11.5 Å². The summed E-state index contributed by atoms with van der Waals surface area (Å²) >= 11 is 1.63. The van der Waals surface area contributed by atoms with Gasteiger partial charge in [-0.25, -0.2) is 4.98 Å². The number of nitrogens with zero attached hydrogens (tertiary/aromatic N) is 2. The molecule has 0 N–H and O–H groups in total. The topological polar surface area (TPSA) is 51.7 Å². The van der Waals surface area contributed by atoms with Crippen molar-refractivity contribution in [3.8, 4) is 11.5 Å². The summed E-state index contributed by atoms with van der Waals surface area (Å²) in [5.41, 5.74) is 1.11. The highest BCUT2D eigenvalue weighted by Gasteiger charge is 2.26. The van der Waals surface area contributed by atoms with Crippen LogP contribution in [0.1, 0.15) is 49.1 Å². The quantitative estimate of drug-likeness (QED) is 0.764. The second kappa shape index (κ2) is 8.08. The first-order valence-electron chi connectivity index (χ1n) is 9.36. The molecule has 138 valence electrons. The van der Waals surface area contributed by atoms with Gasteiger partial charge in [0.05, 0.1) is 6.54 Å². The summed E-state index contributed by atoms with van der Waals surface area (Å²) < 4.78 is 10.8. The summed E-state index contributed by atoms with van der Waals surface area (Å²) in [6.45, 7) is 0.920. The zero-order valence-electron chi connectivity index (χ0n) is 14.9. The summed E-state index contributed by atoms with van der Waals surface area (Å²) in [7, 11) is 0. The van der Waals surface area contributed by atoms with Crippen LogP contribution in [0.4, 0.5) is 0 Å². The van der Waals surface area contributed by atoms with Crippen molar-refractivity contribution in [1.82, 2.24) is 9.88 Å². The molecule has 0 atom stereocenters.